The van der Waals surface area contributed by atoms with Crippen molar-refractivity contribution in [2.75, 3.05) is 31.5 Å². The monoisotopic (exact) mass is 410 g/mol. The van der Waals surface area contributed by atoms with Gasteiger partial charge in [0.2, 0.25) is 11.9 Å². The molecular formula is C23H34N6O. The molecule has 2 saturated heterocycles. The van der Waals surface area contributed by atoms with Crippen molar-refractivity contribution in [1.82, 2.24) is 19.4 Å². The second-order valence-corrected chi connectivity index (χ2v) is 9.28. The van der Waals surface area contributed by atoms with Gasteiger partial charge in [0.25, 0.3) is 5.56 Å². The zero-order valence-corrected chi connectivity index (χ0v) is 18.1. The lowest BCUT2D eigenvalue weighted by Crippen LogP contribution is -2.51. The van der Waals surface area contributed by atoms with Crippen LogP contribution in [-0.2, 0) is 0 Å². The van der Waals surface area contributed by atoms with Crippen LogP contribution in [0.4, 0.5) is 5.95 Å². The maximum atomic E-state index is 12.8. The third-order valence-electron chi connectivity index (χ3n) is 7.23. The number of anilines is 1. The summed E-state index contributed by atoms with van der Waals surface area (Å²) in [5, 5.41) is 3.41. The topological polar surface area (TPSA) is 65.8 Å². The Hall–Kier alpha value is -2.15. The number of nitrogens with zero attached hydrogens (tertiary/aromatic N) is 5. The number of aliphatic imine (C=N–C) groups is 1. The van der Waals surface area contributed by atoms with Crippen LogP contribution >= 0.6 is 0 Å². The van der Waals surface area contributed by atoms with Gasteiger partial charge < -0.3 is 9.80 Å². The Morgan fingerprint density at radius 2 is 1.83 bits per heavy atom. The molecule has 0 radical (unpaired) electrons. The van der Waals surface area contributed by atoms with E-state index in [1.807, 2.05) is 6.92 Å². The van der Waals surface area contributed by atoms with Crippen LogP contribution in [0.2, 0.25) is 0 Å². The van der Waals surface area contributed by atoms with Crippen molar-refractivity contribution in [2.24, 2.45) is 10.9 Å². The van der Waals surface area contributed by atoms with E-state index < -0.39 is 0 Å². The summed E-state index contributed by atoms with van der Waals surface area (Å²) in [5.74, 6) is 1.91. The van der Waals surface area contributed by atoms with Gasteiger partial charge in [0.05, 0.1) is 0 Å². The zero-order chi connectivity index (χ0) is 20.5. The molecule has 2 atom stereocenters. The number of nitrogens with one attached hydrogen (secondary N) is 1. The van der Waals surface area contributed by atoms with Gasteiger partial charge in [-0.05, 0) is 65.0 Å². The van der Waals surface area contributed by atoms with Crippen LogP contribution in [0.15, 0.2) is 28.0 Å². The largest absolute Gasteiger partial charge is 0.342 e. The van der Waals surface area contributed by atoms with Crippen LogP contribution in [-0.4, -0.2) is 57.5 Å². The molecule has 0 amide bonds. The van der Waals surface area contributed by atoms with Crippen molar-refractivity contribution >= 4 is 11.9 Å². The third kappa shape index (κ3) is 3.92. The summed E-state index contributed by atoms with van der Waals surface area (Å²) < 4.78 is 1.78. The van der Waals surface area contributed by atoms with Crippen LogP contribution in [0.1, 0.15) is 63.2 Å². The third-order valence-corrected chi connectivity index (χ3v) is 7.23. The minimum atomic E-state index is -0.165. The normalized spacial score (nSPS) is 28.0. The molecule has 3 aliphatic heterocycles. The van der Waals surface area contributed by atoms with Crippen molar-refractivity contribution < 1.29 is 0 Å². The first-order chi connectivity index (χ1) is 14.7. The van der Waals surface area contributed by atoms with E-state index in [1.165, 1.54) is 45.2 Å². The number of likely N-dealkylation sites (tertiary alicyclic amines) is 2. The van der Waals surface area contributed by atoms with Crippen molar-refractivity contribution in [3.8, 4) is 0 Å². The quantitative estimate of drug-likeness (QED) is 0.759. The molecule has 7 heteroatoms. The fourth-order valence-electron chi connectivity index (χ4n) is 5.56. The van der Waals surface area contributed by atoms with Crippen LogP contribution in [0.5, 0.6) is 0 Å². The first-order valence-electron chi connectivity index (χ1n) is 11.8. The number of allylic oxidation sites excluding steroid dienone is 2. The van der Waals surface area contributed by atoms with Gasteiger partial charge in [0.1, 0.15) is 6.17 Å². The van der Waals surface area contributed by atoms with E-state index in [2.05, 4.69) is 32.3 Å². The molecule has 0 bridgehead atoms. The molecule has 0 saturated carbocycles. The van der Waals surface area contributed by atoms with E-state index in [1.54, 1.807) is 10.6 Å². The number of aryl methyl sites for hydroxylation is 1. The summed E-state index contributed by atoms with van der Waals surface area (Å²) in [7, 11) is 0. The van der Waals surface area contributed by atoms with Gasteiger partial charge >= 0.3 is 0 Å². The van der Waals surface area contributed by atoms with Gasteiger partial charge in [0, 0.05) is 36.8 Å². The molecule has 0 unspecified atom stereocenters. The summed E-state index contributed by atoms with van der Waals surface area (Å²) in [4.78, 5) is 27.7. The summed E-state index contributed by atoms with van der Waals surface area (Å²) >= 11 is 0. The summed E-state index contributed by atoms with van der Waals surface area (Å²) in [6.07, 6.45) is 13.9. The molecule has 1 aromatic heterocycles. The molecular weight excluding hydrogens is 376 g/mol. The van der Waals surface area contributed by atoms with Crippen LogP contribution < -0.4 is 10.9 Å². The van der Waals surface area contributed by atoms with E-state index >= 15 is 0 Å². The van der Waals surface area contributed by atoms with Gasteiger partial charge in [0.15, 0.2) is 0 Å². The predicted octanol–water partition coefficient (Wildman–Crippen LogP) is 3.14. The van der Waals surface area contributed by atoms with Gasteiger partial charge in [-0.25, -0.2) is 9.98 Å². The highest BCUT2D eigenvalue weighted by molar-refractivity contribution is 5.93. The molecule has 30 heavy (non-hydrogen) atoms. The van der Waals surface area contributed by atoms with Gasteiger partial charge in [-0.2, -0.15) is 0 Å². The van der Waals surface area contributed by atoms with Crippen LogP contribution in [0.3, 0.4) is 0 Å². The zero-order valence-electron chi connectivity index (χ0n) is 18.1. The Balaban J connectivity index is 1.36. The number of aromatic nitrogens is 2. The van der Waals surface area contributed by atoms with Crippen LogP contribution in [0, 0.1) is 12.8 Å². The molecule has 5 rings (SSSR count). The SMILES string of the molecule is Cc1cc(=O)n2c(n1)NC(N1CCC(N3CCCCC3)CC1)=N[C@@H]2[C@H]1CC=CCC1. The van der Waals surface area contributed by atoms with Gasteiger partial charge in [-0.15, -0.1) is 0 Å². The van der Waals surface area contributed by atoms with Gasteiger partial charge in [-0.3, -0.25) is 14.7 Å². The first-order valence-corrected chi connectivity index (χ1v) is 11.8. The first kappa shape index (κ1) is 19.8. The predicted molar refractivity (Wildman–Crippen MR) is 120 cm³/mol. The summed E-state index contributed by atoms with van der Waals surface area (Å²) in [5.41, 5.74) is 0.752. The number of hydrogen-bond donors (Lipinski definition) is 1. The molecule has 4 heterocycles. The van der Waals surface area contributed by atoms with E-state index in [0.717, 1.165) is 44.0 Å². The summed E-state index contributed by atoms with van der Waals surface area (Å²) in [6, 6.07) is 2.34. The Kier molecular flexibility index (Phi) is 5.63. The maximum Gasteiger partial charge on any atom is 0.256 e. The minimum absolute atomic E-state index is 0.00356. The molecule has 0 spiro atoms. The molecule has 1 N–H and O–H groups in total. The Bertz CT molecular complexity index is 876. The van der Waals surface area contributed by atoms with Crippen molar-refractivity contribution in [3.05, 3.63) is 34.3 Å². The Morgan fingerprint density at radius 1 is 1.03 bits per heavy atom. The molecule has 1 aromatic rings. The fraction of sp³-hybridized carbons (Fsp3) is 0.696. The van der Waals surface area contributed by atoms with Crippen molar-refractivity contribution in [1.29, 1.82) is 0 Å². The van der Waals surface area contributed by atoms with Crippen molar-refractivity contribution in [3.63, 3.8) is 0 Å². The Morgan fingerprint density at radius 3 is 2.57 bits per heavy atom. The molecule has 0 aromatic carbocycles. The molecule has 1 aliphatic carbocycles. The average molecular weight is 411 g/mol. The Labute approximate surface area is 178 Å². The fourth-order valence-corrected chi connectivity index (χ4v) is 5.56. The van der Waals surface area contributed by atoms with E-state index in [-0.39, 0.29) is 11.7 Å². The van der Waals surface area contributed by atoms with Crippen LogP contribution in [0.25, 0.3) is 0 Å². The maximum absolute atomic E-state index is 12.8. The number of rotatable bonds is 2. The highest BCUT2D eigenvalue weighted by Crippen LogP contribution is 2.34. The average Bonchev–Trinajstić information content (AvgIpc) is 2.79. The van der Waals surface area contributed by atoms with E-state index in [4.69, 9.17) is 4.99 Å². The van der Waals surface area contributed by atoms with E-state index in [0.29, 0.717) is 17.9 Å². The smallest absolute Gasteiger partial charge is 0.256 e. The van der Waals surface area contributed by atoms with Gasteiger partial charge in [-0.1, -0.05) is 18.6 Å². The molecule has 4 aliphatic rings. The van der Waals surface area contributed by atoms with E-state index in [9.17, 15) is 4.79 Å². The minimum Gasteiger partial charge on any atom is -0.342 e. The highest BCUT2D eigenvalue weighted by Gasteiger charge is 2.33. The summed E-state index contributed by atoms with van der Waals surface area (Å²) in [6.45, 7) is 6.44. The number of fused-ring (bicyclic) bond motifs is 1. The molecule has 2 fully saturated rings. The second-order valence-electron chi connectivity index (χ2n) is 9.28. The standard InChI is InChI=1S/C23H34N6O/c1-17-16-20(30)29-21(18-8-4-2-5-9-18)25-22(26-23(29)24-17)28-14-10-19(11-15-28)27-12-6-3-7-13-27/h2,4,16,18-19,21H,3,5-15H2,1H3,(H,24,25,26)/t18-,21-/m0/s1. The lowest BCUT2D eigenvalue weighted by atomic mass is 9.91. The lowest BCUT2D eigenvalue weighted by Gasteiger charge is -2.42. The number of guanidine groups is 1. The molecule has 162 valence electrons. The second kappa shape index (κ2) is 8.53. The molecule has 7 nitrogen and oxygen atoms in total. The number of piperidine rings is 2. The van der Waals surface area contributed by atoms with Crippen molar-refractivity contribution in [2.45, 2.75) is 70.5 Å². The lowest BCUT2D eigenvalue weighted by molar-refractivity contribution is 0.114. The number of hydrogen-bond acceptors (Lipinski definition) is 6. The highest BCUT2D eigenvalue weighted by atomic mass is 16.1.